The summed E-state index contributed by atoms with van der Waals surface area (Å²) in [5.74, 6) is 1.02. The van der Waals surface area contributed by atoms with Crippen molar-refractivity contribution in [3.8, 4) is 0 Å². The zero-order valence-corrected chi connectivity index (χ0v) is 17.7. The molecule has 0 atom stereocenters. The smallest absolute Gasteiger partial charge is 0.214 e. The Balaban J connectivity index is 2.02. The molecule has 6 nitrogen and oxygen atoms in total. The fourth-order valence-corrected chi connectivity index (χ4v) is 5.11. The van der Waals surface area contributed by atoms with Crippen LogP contribution in [0.1, 0.15) is 45.6 Å². The van der Waals surface area contributed by atoms with E-state index in [1.165, 1.54) is 5.56 Å². The molecule has 1 saturated heterocycles. The summed E-state index contributed by atoms with van der Waals surface area (Å²) in [4.78, 5) is 4.83. The Morgan fingerprint density at radius 1 is 1.15 bits per heavy atom. The highest BCUT2D eigenvalue weighted by Gasteiger charge is 2.29. The Bertz CT molecular complexity index is 700. The molecule has 0 saturated carbocycles. The number of nitrogens with one attached hydrogen (secondary N) is 2. The zero-order chi connectivity index (χ0) is 19.8. The van der Waals surface area contributed by atoms with Gasteiger partial charge in [-0.05, 0) is 31.7 Å². The quantitative estimate of drug-likeness (QED) is 0.498. The summed E-state index contributed by atoms with van der Waals surface area (Å²) in [5.41, 5.74) is 1.33. The molecule has 1 aliphatic rings. The largest absolute Gasteiger partial charge is 0.357 e. The number of hydrogen-bond acceptors (Lipinski definition) is 3. The summed E-state index contributed by atoms with van der Waals surface area (Å²) in [6.45, 7) is 9.59. The van der Waals surface area contributed by atoms with Crippen LogP contribution in [0.5, 0.6) is 0 Å². The van der Waals surface area contributed by atoms with E-state index in [1.54, 1.807) is 4.31 Å². The first-order chi connectivity index (χ1) is 13.0. The van der Waals surface area contributed by atoms with E-state index in [1.807, 2.05) is 13.0 Å². The van der Waals surface area contributed by atoms with E-state index >= 15 is 0 Å². The number of aliphatic imine (C=N–C) groups is 1. The Kier molecular flexibility index (Phi) is 8.10. The van der Waals surface area contributed by atoms with Crippen molar-refractivity contribution in [3.05, 3.63) is 35.9 Å². The van der Waals surface area contributed by atoms with E-state index < -0.39 is 10.0 Å². The lowest BCUT2D eigenvalue weighted by Gasteiger charge is -2.31. The van der Waals surface area contributed by atoms with Gasteiger partial charge >= 0.3 is 0 Å². The predicted octanol–water partition coefficient (Wildman–Crippen LogP) is 2.33. The van der Waals surface area contributed by atoms with Crippen molar-refractivity contribution in [1.29, 1.82) is 0 Å². The van der Waals surface area contributed by atoms with Crippen LogP contribution < -0.4 is 10.6 Å². The number of guanidine groups is 1. The lowest BCUT2D eigenvalue weighted by Crippen LogP contribution is -2.43. The average Bonchev–Trinajstić information content (AvgIpc) is 3.02. The van der Waals surface area contributed by atoms with Crippen LogP contribution in [0.3, 0.4) is 0 Å². The van der Waals surface area contributed by atoms with Gasteiger partial charge in [-0.3, -0.25) is 4.99 Å². The zero-order valence-electron chi connectivity index (χ0n) is 16.9. The standard InChI is InChI=1S/C20H34N4O2S/c1-4-20(5-2,18-11-8-7-9-12-18)17-23-19(21-6-3)22-13-15-24-14-10-16-27(24,25)26/h7-9,11-12H,4-6,10,13-17H2,1-3H3,(H2,21,22,23). The molecule has 1 heterocycles. The second-order valence-electron chi connectivity index (χ2n) is 7.04. The fraction of sp³-hybridized carbons (Fsp3) is 0.650. The predicted molar refractivity (Wildman–Crippen MR) is 113 cm³/mol. The van der Waals surface area contributed by atoms with Gasteiger partial charge in [-0.1, -0.05) is 44.2 Å². The Hall–Kier alpha value is -1.60. The third kappa shape index (κ3) is 5.69. The number of sulfonamides is 1. The van der Waals surface area contributed by atoms with Gasteiger partial charge in [0.2, 0.25) is 10.0 Å². The van der Waals surface area contributed by atoms with Gasteiger partial charge in [0, 0.05) is 31.6 Å². The fourth-order valence-electron chi connectivity index (χ4n) is 3.58. The third-order valence-corrected chi connectivity index (χ3v) is 7.44. The van der Waals surface area contributed by atoms with E-state index in [9.17, 15) is 8.42 Å². The van der Waals surface area contributed by atoms with Crippen molar-refractivity contribution in [2.45, 2.75) is 45.4 Å². The summed E-state index contributed by atoms with van der Waals surface area (Å²) in [7, 11) is -3.04. The second-order valence-corrected chi connectivity index (χ2v) is 9.13. The highest BCUT2D eigenvalue weighted by Crippen LogP contribution is 2.31. The molecule has 1 aromatic rings. The maximum Gasteiger partial charge on any atom is 0.214 e. The normalized spacial score (nSPS) is 17.8. The minimum Gasteiger partial charge on any atom is -0.357 e. The average molecular weight is 395 g/mol. The molecule has 7 heteroatoms. The molecule has 1 aliphatic heterocycles. The van der Waals surface area contributed by atoms with Crippen LogP contribution in [0.4, 0.5) is 0 Å². The van der Waals surface area contributed by atoms with Gasteiger partial charge in [0.25, 0.3) is 0 Å². The molecular weight excluding hydrogens is 360 g/mol. The maximum absolute atomic E-state index is 11.9. The summed E-state index contributed by atoms with van der Waals surface area (Å²) in [5, 5.41) is 6.56. The van der Waals surface area contributed by atoms with Crippen LogP contribution in [0, 0.1) is 0 Å². The van der Waals surface area contributed by atoms with E-state index in [4.69, 9.17) is 4.99 Å². The summed E-state index contributed by atoms with van der Waals surface area (Å²) in [6.07, 6.45) is 2.76. The van der Waals surface area contributed by atoms with Gasteiger partial charge in [-0.2, -0.15) is 0 Å². The third-order valence-electron chi connectivity index (χ3n) is 5.48. The molecule has 2 rings (SSSR count). The van der Waals surface area contributed by atoms with Gasteiger partial charge in [0.1, 0.15) is 0 Å². The molecule has 152 valence electrons. The highest BCUT2D eigenvalue weighted by molar-refractivity contribution is 7.89. The first kappa shape index (κ1) is 21.7. The highest BCUT2D eigenvalue weighted by atomic mass is 32.2. The van der Waals surface area contributed by atoms with Crippen LogP contribution in [0.2, 0.25) is 0 Å². The molecular formula is C20H34N4O2S. The number of rotatable bonds is 9. The van der Waals surface area contributed by atoms with Crippen LogP contribution in [0.15, 0.2) is 35.3 Å². The topological polar surface area (TPSA) is 73.8 Å². The van der Waals surface area contributed by atoms with Gasteiger partial charge in [0.05, 0.1) is 12.3 Å². The molecule has 0 amide bonds. The lowest BCUT2D eigenvalue weighted by molar-refractivity contribution is 0.406. The van der Waals surface area contributed by atoms with E-state index in [-0.39, 0.29) is 11.2 Å². The van der Waals surface area contributed by atoms with Gasteiger partial charge < -0.3 is 10.6 Å². The van der Waals surface area contributed by atoms with E-state index in [0.717, 1.165) is 31.8 Å². The number of benzene rings is 1. The van der Waals surface area contributed by atoms with Gasteiger partial charge in [-0.25, -0.2) is 12.7 Å². The molecule has 0 aromatic heterocycles. The molecule has 1 fully saturated rings. The SMILES string of the molecule is CCNC(=NCC(CC)(CC)c1ccccc1)NCCN1CCCS1(=O)=O. The summed E-state index contributed by atoms with van der Waals surface area (Å²) >= 11 is 0. The first-order valence-electron chi connectivity index (χ1n) is 10.0. The second kappa shape index (κ2) is 10.1. The van der Waals surface area contributed by atoms with Crippen molar-refractivity contribution in [1.82, 2.24) is 14.9 Å². The molecule has 0 spiro atoms. The first-order valence-corrected chi connectivity index (χ1v) is 11.6. The molecule has 0 radical (unpaired) electrons. The molecule has 0 unspecified atom stereocenters. The lowest BCUT2D eigenvalue weighted by atomic mass is 9.76. The van der Waals surface area contributed by atoms with Crippen molar-refractivity contribution >= 4 is 16.0 Å². The maximum atomic E-state index is 11.9. The van der Waals surface area contributed by atoms with Crippen LogP contribution >= 0.6 is 0 Å². The molecule has 1 aromatic carbocycles. The molecule has 0 bridgehead atoms. The minimum absolute atomic E-state index is 0.0158. The minimum atomic E-state index is -3.04. The van der Waals surface area contributed by atoms with E-state index in [0.29, 0.717) is 26.2 Å². The molecule has 27 heavy (non-hydrogen) atoms. The van der Waals surface area contributed by atoms with Gasteiger partial charge in [-0.15, -0.1) is 0 Å². The number of nitrogens with zero attached hydrogens (tertiary/aromatic N) is 2. The number of hydrogen-bond donors (Lipinski definition) is 2. The van der Waals surface area contributed by atoms with Gasteiger partial charge in [0.15, 0.2) is 5.96 Å². The van der Waals surface area contributed by atoms with Crippen molar-refractivity contribution in [3.63, 3.8) is 0 Å². The van der Waals surface area contributed by atoms with Crippen molar-refractivity contribution in [2.75, 3.05) is 38.5 Å². The molecule has 0 aliphatic carbocycles. The van der Waals surface area contributed by atoms with Crippen molar-refractivity contribution in [2.24, 2.45) is 4.99 Å². The Morgan fingerprint density at radius 3 is 2.41 bits per heavy atom. The van der Waals surface area contributed by atoms with Crippen LogP contribution in [0.25, 0.3) is 0 Å². The van der Waals surface area contributed by atoms with E-state index in [2.05, 4.69) is 48.7 Å². The summed E-state index contributed by atoms with van der Waals surface area (Å²) < 4.78 is 25.4. The Labute approximate surface area is 164 Å². The Morgan fingerprint density at radius 2 is 1.85 bits per heavy atom. The van der Waals surface area contributed by atoms with Crippen molar-refractivity contribution < 1.29 is 8.42 Å². The monoisotopic (exact) mass is 394 g/mol. The molecule has 2 N–H and O–H groups in total. The van der Waals surface area contributed by atoms with Crippen LogP contribution in [-0.2, 0) is 15.4 Å². The summed E-state index contributed by atoms with van der Waals surface area (Å²) in [6, 6.07) is 10.6. The van der Waals surface area contributed by atoms with Crippen LogP contribution in [-0.4, -0.2) is 57.2 Å².